The molecule has 0 aliphatic rings. The number of nitrogens with one attached hydrogen (secondary N) is 2. The van der Waals surface area contributed by atoms with Crippen molar-refractivity contribution in [3.05, 3.63) is 64.3 Å². The predicted molar refractivity (Wildman–Crippen MR) is 132 cm³/mol. The molecule has 3 aromatic rings. The van der Waals surface area contributed by atoms with Crippen molar-refractivity contribution in [3.8, 4) is 6.07 Å². The Labute approximate surface area is 208 Å². The third-order valence-corrected chi connectivity index (χ3v) is 5.70. The van der Waals surface area contributed by atoms with Gasteiger partial charge in [0.25, 0.3) is 5.91 Å². The average Bonchev–Trinajstić information content (AvgIpc) is 3.17. The first kappa shape index (κ1) is 26.2. The van der Waals surface area contributed by atoms with Crippen LogP contribution in [0.5, 0.6) is 0 Å². The van der Waals surface area contributed by atoms with Gasteiger partial charge in [-0.1, -0.05) is 44.5 Å². The lowest BCUT2D eigenvalue weighted by atomic mass is 9.86. The van der Waals surface area contributed by atoms with Gasteiger partial charge in [0, 0.05) is 17.0 Å². The normalized spacial score (nSPS) is 13.2. The van der Waals surface area contributed by atoms with E-state index in [-0.39, 0.29) is 12.2 Å². The Kier molecular flexibility index (Phi) is 8.12. The van der Waals surface area contributed by atoms with Crippen LogP contribution in [0.3, 0.4) is 0 Å². The summed E-state index contributed by atoms with van der Waals surface area (Å²) in [6.07, 6.45) is -1.10. The Morgan fingerprint density at radius 1 is 1.20 bits per heavy atom. The first-order valence-corrected chi connectivity index (χ1v) is 11.4. The summed E-state index contributed by atoms with van der Waals surface area (Å²) >= 11 is 6.20. The zero-order valence-corrected chi connectivity index (χ0v) is 20.5. The Hall–Kier alpha value is -3.45. The lowest BCUT2D eigenvalue weighted by Gasteiger charge is -2.30. The zero-order valence-electron chi connectivity index (χ0n) is 19.7. The van der Waals surface area contributed by atoms with E-state index in [4.69, 9.17) is 22.0 Å². The number of nitriles is 1. The van der Waals surface area contributed by atoms with E-state index in [2.05, 4.69) is 21.8 Å². The topological polar surface area (TPSA) is 140 Å². The van der Waals surface area contributed by atoms with Crippen LogP contribution in [0.2, 0.25) is 5.02 Å². The second-order valence-electron chi connectivity index (χ2n) is 9.33. The molecule has 2 atom stereocenters. The fourth-order valence-corrected chi connectivity index (χ4v) is 3.73. The highest BCUT2D eigenvalue weighted by molar-refractivity contribution is 6.31. The van der Waals surface area contributed by atoms with Crippen molar-refractivity contribution in [3.63, 3.8) is 0 Å². The van der Waals surface area contributed by atoms with Gasteiger partial charge in [0.05, 0.1) is 36.4 Å². The van der Waals surface area contributed by atoms with Gasteiger partial charge < -0.3 is 20.8 Å². The SMILES string of the molecule is CC(C)(C)C(NC(=O)c1nn(Cc2ccc(C#N)cc2)c2ccc(Cl)cc12)C(=O)NCC(O)CO. The maximum Gasteiger partial charge on any atom is 0.273 e. The van der Waals surface area contributed by atoms with Gasteiger partial charge in [0.15, 0.2) is 5.69 Å². The number of amides is 2. The smallest absolute Gasteiger partial charge is 0.273 e. The third kappa shape index (κ3) is 6.36. The number of nitrogens with zero attached hydrogens (tertiary/aromatic N) is 3. The molecule has 0 bridgehead atoms. The van der Waals surface area contributed by atoms with Gasteiger partial charge in [-0.15, -0.1) is 0 Å². The van der Waals surface area contributed by atoms with Crippen molar-refractivity contribution in [2.75, 3.05) is 13.2 Å². The van der Waals surface area contributed by atoms with Gasteiger partial charge >= 0.3 is 0 Å². The van der Waals surface area contributed by atoms with Gasteiger partial charge in [0.2, 0.25) is 5.91 Å². The number of fused-ring (bicyclic) bond motifs is 1. The highest BCUT2D eigenvalue weighted by Gasteiger charge is 2.34. The number of benzene rings is 2. The molecule has 2 unspecified atom stereocenters. The van der Waals surface area contributed by atoms with Crippen LogP contribution in [-0.2, 0) is 11.3 Å². The fraction of sp³-hybridized carbons (Fsp3) is 0.360. The molecule has 10 heteroatoms. The molecule has 2 amide bonds. The van der Waals surface area contributed by atoms with E-state index in [1.54, 1.807) is 55.8 Å². The maximum absolute atomic E-state index is 13.3. The van der Waals surface area contributed by atoms with E-state index >= 15 is 0 Å². The van der Waals surface area contributed by atoms with Crippen LogP contribution >= 0.6 is 11.6 Å². The fourth-order valence-electron chi connectivity index (χ4n) is 3.56. The Bertz CT molecular complexity index is 1260. The number of hydrogen-bond acceptors (Lipinski definition) is 6. The van der Waals surface area contributed by atoms with E-state index in [0.717, 1.165) is 5.56 Å². The molecule has 1 heterocycles. The Morgan fingerprint density at radius 3 is 2.49 bits per heavy atom. The lowest BCUT2D eigenvalue weighted by molar-refractivity contribution is -0.125. The summed E-state index contributed by atoms with van der Waals surface area (Å²) in [6.45, 7) is 5.14. The van der Waals surface area contributed by atoms with Gasteiger partial charge in [-0.25, -0.2) is 0 Å². The molecule has 0 spiro atoms. The van der Waals surface area contributed by atoms with E-state index in [9.17, 15) is 14.7 Å². The molecule has 0 fully saturated rings. The molecule has 4 N–H and O–H groups in total. The molecule has 0 aliphatic carbocycles. The quantitative estimate of drug-likeness (QED) is 0.376. The summed E-state index contributed by atoms with van der Waals surface area (Å²) < 4.78 is 1.67. The maximum atomic E-state index is 13.3. The Morgan fingerprint density at radius 2 is 1.89 bits per heavy atom. The minimum atomic E-state index is -1.10. The van der Waals surface area contributed by atoms with E-state index < -0.39 is 36.0 Å². The number of aliphatic hydroxyl groups is 2. The standard InChI is InChI=1S/C25H28ClN5O4/c1-25(2,3)22(24(35)28-12-18(33)14-32)29-23(34)21-19-10-17(26)8-9-20(19)31(30-21)13-16-6-4-15(11-27)5-7-16/h4-10,18,22,32-33H,12-14H2,1-3H3,(H,28,35)(H,29,34). The number of halogens is 1. The summed E-state index contributed by atoms with van der Waals surface area (Å²) in [5.74, 6) is -1.04. The Balaban J connectivity index is 1.92. The molecule has 0 saturated heterocycles. The van der Waals surface area contributed by atoms with Crippen molar-refractivity contribution >= 4 is 34.3 Å². The van der Waals surface area contributed by atoms with Gasteiger partial charge in [-0.05, 0) is 41.3 Å². The molecule has 1 aromatic heterocycles. The van der Waals surface area contributed by atoms with Gasteiger partial charge in [-0.3, -0.25) is 14.3 Å². The molecule has 0 saturated carbocycles. The van der Waals surface area contributed by atoms with Crippen LogP contribution in [0.4, 0.5) is 0 Å². The average molecular weight is 498 g/mol. The number of carbonyl (C=O) groups excluding carboxylic acids is 2. The van der Waals surface area contributed by atoms with Gasteiger partial charge in [-0.2, -0.15) is 10.4 Å². The van der Waals surface area contributed by atoms with Crippen LogP contribution in [-0.4, -0.2) is 57.1 Å². The van der Waals surface area contributed by atoms with Gasteiger partial charge in [0.1, 0.15) is 6.04 Å². The molecule has 184 valence electrons. The minimum absolute atomic E-state index is 0.119. The van der Waals surface area contributed by atoms with Crippen LogP contribution in [0.25, 0.3) is 10.9 Å². The summed E-state index contributed by atoms with van der Waals surface area (Å²) in [5, 5.41) is 38.4. The van der Waals surface area contributed by atoms with Crippen LogP contribution in [0.1, 0.15) is 42.4 Å². The van der Waals surface area contributed by atoms with E-state index in [0.29, 0.717) is 28.0 Å². The van der Waals surface area contributed by atoms with E-state index in [1.807, 2.05) is 12.1 Å². The van der Waals surface area contributed by atoms with Crippen LogP contribution in [0, 0.1) is 16.7 Å². The zero-order chi connectivity index (χ0) is 25.8. The summed E-state index contributed by atoms with van der Waals surface area (Å²) in [6, 6.07) is 13.4. The molecular formula is C25H28ClN5O4. The molecule has 2 aromatic carbocycles. The molecule has 3 rings (SSSR count). The number of rotatable bonds is 8. The first-order chi connectivity index (χ1) is 16.5. The lowest BCUT2D eigenvalue weighted by Crippen LogP contribution is -2.54. The monoisotopic (exact) mass is 497 g/mol. The molecular weight excluding hydrogens is 470 g/mol. The van der Waals surface area contributed by atoms with Crippen molar-refractivity contribution in [2.24, 2.45) is 5.41 Å². The number of carbonyl (C=O) groups is 2. The second-order valence-corrected chi connectivity index (χ2v) is 9.77. The molecule has 9 nitrogen and oxygen atoms in total. The van der Waals surface area contributed by atoms with E-state index in [1.165, 1.54) is 0 Å². The van der Waals surface area contributed by atoms with Crippen molar-refractivity contribution in [1.82, 2.24) is 20.4 Å². The van der Waals surface area contributed by atoms with Crippen molar-refractivity contribution < 1.29 is 19.8 Å². The van der Waals surface area contributed by atoms with Crippen molar-refractivity contribution in [2.45, 2.75) is 39.5 Å². The third-order valence-electron chi connectivity index (χ3n) is 5.47. The predicted octanol–water partition coefficient (Wildman–Crippen LogP) is 2.22. The first-order valence-electron chi connectivity index (χ1n) is 11.1. The summed E-state index contributed by atoms with van der Waals surface area (Å²) in [4.78, 5) is 26.1. The second kappa shape index (κ2) is 10.9. The summed E-state index contributed by atoms with van der Waals surface area (Å²) in [5.41, 5.74) is 1.59. The summed E-state index contributed by atoms with van der Waals surface area (Å²) in [7, 11) is 0. The van der Waals surface area contributed by atoms with Crippen LogP contribution < -0.4 is 10.6 Å². The highest BCUT2D eigenvalue weighted by atomic mass is 35.5. The minimum Gasteiger partial charge on any atom is -0.394 e. The highest BCUT2D eigenvalue weighted by Crippen LogP contribution is 2.25. The number of aromatic nitrogens is 2. The molecule has 35 heavy (non-hydrogen) atoms. The number of aliphatic hydroxyl groups excluding tert-OH is 2. The molecule has 0 radical (unpaired) electrons. The largest absolute Gasteiger partial charge is 0.394 e. The number of hydrogen-bond donors (Lipinski definition) is 4. The van der Waals surface area contributed by atoms with Crippen molar-refractivity contribution in [1.29, 1.82) is 5.26 Å². The molecule has 0 aliphatic heterocycles. The van der Waals surface area contributed by atoms with Crippen LogP contribution in [0.15, 0.2) is 42.5 Å².